The maximum absolute atomic E-state index is 13.5. The first kappa shape index (κ1) is 24.9. The highest BCUT2D eigenvalue weighted by atomic mass is 16.6. The third-order valence-corrected chi connectivity index (χ3v) is 6.92. The Hall–Kier alpha value is -3.75. The van der Waals surface area contributed by atoms with Crippen LogP contribution >= 0.6 is 0 Å². The fourth-order valence-electron chi connectivity index (χ4n) is 5.03. The summed E-state index contributed by atoms with van der Waals surface area (Å²) < 4.78 is 13.8. The third-order valence-electron chi connectivity index (χ3n) is 6.92. The molecule has 2 aliphatic rings. The first-order chi connectivity index (χ1) is 18.2. The van der Waals surface area contributed by atoms with Gasteiger partial charge < -0.3 is 30.0 Å². The molecule has 3 N–H and O–H groups in total. The Balaban J connectivity index is 1.30. The number of aromatic nitrogens is 3. The number of carbonyl (C=O) groups is 1. The first-order valence-electron chi connectivity index (χ1n) is 13.4. The number of nitrogens with one attached hydrogen (secondary N) is 3. The lowest BCUT2D eigenvalue weighted by Gasteiger charge is -2.29. The van der Waals surface area contributed by atoms with E-state index in [9.17, 15) is 4.79 Å². The summed E-state index contributed by atoms with van der Waals surface area (Å²) >= 11 is 0. The van der Waals surface area contributed by atoms with E-state index in [0.29, 0.717) is 43.1 Å². The van der Waals surface area contributed by atoms with E-state index >= 15 is 0 Å². The lowest BCUT2D eigenvalue weighted by atomic mass is 9.84. The number of hydrogen-bond acceptors (Lipinski definition) is 7. The van der Waals surface area contributed by atoms with Gasteiger partial charge in [0.15, 0.2) is 11.5 Å². The number of rotatable bonds is 10. The standard InChI is InChI=1S/C28H36N6O3/c1-2-29-28-32-25(17-26(33-28)34-14-8-9-15-34)31-22(16-20-10-4-3-5-11-20)27(35)30-18-21-19-36-23-12-6-7-13-24(23)37-21/h6-9,12-15,17,20-22H,2-5,10-11,16,18-19H2,1H3,(H,30,35)(H2,29,31,32,33)/t21?,22-/m1/s1. The molecule has 37 heavy (non-hydrogen) atoms. The number of para-hydroxylation sites is 2. The van der Waals surface area contributed by atoms with Gasteiger partial charge in [0.05, 0.1) is 6.54 Å². The molecular formula is C28H36N6O3. The van der Waals surface area contributed by atoms with Crippen molar-refractivity contribution in [2.45, 2.75) is 57.6 Å². The van der Waals surface area contributed by atoms with Crippen LogP contribution in [-0.2, 0) is 4.79 Å². The van der Waals surface area contributed by atoms with Crippen LogP contribution in [-0.4, -0.2) is 52.3 Å². The van der Waals surface area contributed by atoms with Crippen molar-refractivity contribution in [1.29, 1.82) is 0 Å². The second kappa shape index (κ2) is 12.0. The van der Waals surface area contributed by atoms with Gasteiger partial charge in [0, 0.05) is 25.0 Å². The highest BCUT2D eigenvalue weighted by Crippen LogP contribution is 2.31. The molecule has 2 aromatic heterocycles. The van der Waals surface area contributed by atoms with E-state index in [1.807, 2.05) is 66.3 Å². The molecule has 1 unspecified atom stereocenters. The number of anilines is 2. The lowest BCUT2D eigenvalue weighted by Crippen LogP contribution is -2.47. The van der Waals surface area contributed by atoms with Crippen LogP contribution < -0.4 is 25.4 Å². The molecule has 0 spiro atoms. The average molecular weight is 505 g/mol. The molecule has 1 aliphatic carbocycles. The number of amides is 1. The topological polar surface area (TPSA) is 102 Å². The highest BCUT2D eigenvalue weighted by Gasteiger charge is 2.27. The van der Waals surface area contributed by atoms with E-state index < -0.39 is 6.04 Å². The smallest absolute Gasteiger partial charge is 0.242 e. The zero-order valence-corrected chi connectivity index (χ0v) is 21.4. The molecule has 1 amide bonds. The van der Waals surface area contributed by atoms with Crippen molar-refractivity contribution >= 4 is 17.7 Å². The van der Waals surface area contributed by atoms with Gasteiger partial charge >= 0.3 is 0 Å². The normalized spacial score (nSPS) is 18.1. The van der Waals surface area contributed by atoms with E-state index in [1.165, 1.54) is 19.3 Å². The molecule has 3 aromatic rings. The van der Waals surface area contributed by atoms with Crippen molar-refractivity contribution in [2.75, 3.05) is 30.3 Å². The first-order valence-corrected chi connectivity index (χ1v) is 13.4. The third kappa shape index (κ3) is 6.53. The Kier molecular flexibility index (Phi) is 8.08. The second-order valence-electron chi connectivity index (χ2n) is 9.74. The van der Waals surface area contributed by atoms with Gasteiger partial charge in [0.25, 0.3) is 0 Å². The predicted octanol–water partition coefficient (Wildman–Crippen LogP) is 4.41. The lowest BCUT2D eigenvalue weighted by molar-refractivity contribution is -0.122. The maximum atomic E-state index is 13.5. The molecular weight excluding hydrogens is 468 g/mol. The van der Waals surface area contributed by atoms with Crippen molar-refractivity contribution in [3.05, 3.63) is 54.9 Å². The number of carbonyl (C=O) groups excluding carboxylic acids is 1. The number of hydrogen-bond donors (Lipinski definition) is 3. The molecule has 196 valence electrons. The number of benzene rings is 1. The van der Waals surface area contributed by atoms with Crippen LogP contribution in [0.25, 0.3) is 5.82 Å². The zero-order chi connectivity index (χ0) is 25.5. The van der Waals surface area contributed by atoms with Gasteiger partial charge in [-0.3, -0.25) is 4.79 Å². The number of fused-ring (bicyclic) bond motifs is 1. The molecule has 1 saturated carbocycles. The zero-order valence-electron chi connectivity index (χ0n) is 21.4. The van der Waals surface area contributed by atoms with Gasteiger partial charge in [-0.1, -0.05) is 44.2 Å². The summed E-state index contributed by atoms with van der Waals surface area (Å²) in [5.41, 5.74) is 0. The minimum Gasteiger partial charge on any atom is -0.486 e. The molecule has 0 saturated heterocycles. The molecule has 5 rings (SSSR count). The minimum absolute atomic E-state index is 0.0563. The van der Waals surface area contributed by atoms with Crippen molar-refractivity contribution in [3.63, 3.8) is 0 Å². The SMILES string of the molecule is CCNc1nc(N[C@H](CC2CCCCC2)C(=O)NCC2COc3ccccc3O2)cc(-n2cccc2)n1. The van der Waals surface area contributed by atoms with Crippen LogP contribution in [0.15, 0.2) is 54.9 Å². The quantitative estimate of drug-likeness (QED) is 0.376. The van der Waals surface area contributed by atoms with E-state index in [0.717, 1.165) is 30.8 Å². The van der Waals surface area contributed by atoms with Gasteiger partial charge in [0.1, 0.15) is 30.4 Å². The van der Waals surface area contributed by atoms with E-state index in [1.54, 1.807) is 0 Å². The molecule has 1 fully saturated rings. The van der Waals surface area contributed by atoms with Crippen LogP contribution in [0, 0.1) is 5.92 Å². The Morgan fingerprint density at radius 2 is 1.86 bits per heavy atom. The van der Waals surface area contributed by atoms with Gasteiger partial charge in [-0.05, 0) is 43.5 Å². The van der Waals surface area contributed by atoms with E-state index in [2.05, 4.69) is 25.9 Å². The van der Waals surface area contributed by atoms with Gasteiger partial charge in [0.2, 0.25) is 11.9 Å². The Morgan fingerprint density at radius 3 is 2.65 bits per heavy atom. The van der Waals surface area contributed by atoms with Crippen molar-refractivity contribution < 1.29 is 14.3 Å². The van der Waals surface area contributed by atoms with Gasteiger partial charge in [-0.25, -0.2) is 0 Å². The van der Waals surface area contributed by atoms with Crippen molar-refractivity contribution in [1.82, 2.24) is 19.9 Å². The van der Waals surface area contributed by atoms with Crippen LogP contribution in [0.3, 0.4) is 0 Å². The average Bonchev–Trinajstić information content (AvgIpc) is 3.47. The summed E-state index contributed by atoms with van der Waals surface area (Å²) in [6.45, 7) is 3.48. The highest BCUT2D eigenvalue weighted by molar-refractivity contribution is 5.84. The van der Waals surface area contributed by atoms with Crippen LogP contribution in [0.4, 0.5) is 11.8 Å². The maximum Gasteiger partial charge on any atom is 0.242 e. The largest absolute Gasteiger partial charge is 0.486 e. The summed E-state index contributed by atoms with van der Waals surface area (Å²) in [5.74, 6) is 3.79. The Morgan fingerprint density at radius 1 is 1.08 bits per heavy atom. The molecule has 9 heteroatoms. The van der Waals surface area contributed by atoms with E-state index in [-0.39, 0.29) is 12.0 Å². The molecule has 3 heterocycles. The van der Waals surface area contributed by atoms with Gasteiger partial charge in [-0.2, -0.15) is 9.97 Å². The van der Waals surface area contributed by atoms with E-state index in [4.69, 9.17) is 9.47 Å². The van der Waals surface area contributed by atoms with Crippen LogP contribution in [0.2, 0.25) is 0 Å². The monoisotopic (exact) mass is 504 g/mol. The predicted molar refractivity (Wildman–Crippen MR) is 143 cm³/mol. The van der Waals surface area contributed by atoms with Crippen LogP contribution in [0.1, 0.15) is 45.4 Å². The fourth-order valence-corrected chi connectivity index (χ4v) is 5.03. The summed E-state index contributed by atoms with van der Waals surface area (Å²) in [7, 11) is 0. The summed E-state index contributed by atoms with van der Waals surface area (Å²) in [6.07, 6.45) is 10.4. The Bertz CT molecular complexity index is 1160. The molecule has 1 aromatic carbocycles. The number of nitrogens with zero attached hydrogens (tertiary/aromatic N) is 3. The van der Waals surface area contributed by atoms with Crippen LogP contribution in [0.5, 0.6) is 11.5 Å². The molecule has 0 bridgehead atoms. The molecule has 0 radical (unpaired) electrons. The van der Waals surface area contributed by atoms with Crippen molar-refractivity contribution in [2.24, 2.45) is 5.92 Å². The van der Waals surface area contributed by atoms with Crippen molar-refractivity contribution in [3.8, 4) is 17.3 Å². The molecule has 2 atom stereocenters. The summed E-state index contributed by atoms with van der Waals surface area (Å²) in [5, 5.41) is 9.75. The molecule has 9 nitrogen and oxygen atoms in total. The Labute approximate surface area is 218 Å². The second-order valence-corrected chi connectivity index (χ2v) is 9.74. The minimum atomic E-state index is -0.415. The molecule has 1 aliphatic heterocycles. The summed E-state index contributed by atoms with van der Waals surface area (Å²) in [4.78, 5) is 22.8. The van der Waals surface area contributed by atoms with Gasteiger partial charge in [-0.15, -0.1) is 0 Å². The fraction of sp³-hybridized carbons (Fsp3) is 0.464. The summed E-state index contributed by atoms with van der Waals surface area (Å²) in [6, 6.07) is 13.0. The number of ether oxygens (including phenoxy) is 2.